The number of morpholine rings is 1. The molecule has 0 N–H and O–H groups in total. The van der Waals surface area contributed by atoms with E-state index in [1.165, 1.54) is 5.56 Å². The molecule has 6 heteroatoms. The molecule has 24 heavy (non-hydrogen) atoms. The van der Waals surface area contributed by atoms with E-state index in [9.17, 15) is 0 Å². The van der Waals surface area contributed by atoms with Gasteiger partial charge in [-0.1, -0.05) is 6.07 Å². The third kappa shape index (κ3) is 4.07. The molecule has 3 rings (SSSR count). The highest BCUT2D eigenvalue weighted by atomic mass is 16.5. The van der Waals surface area contributed by atoms with Crippen molar-refractivity contribution in [3.8, 4) is 0 Å². The molecule has 3 heterocycles. The minimum absolute atomic E-state index is 0.167. The Hall–Kier alpha value is -2.05. The highest BCUT2D eigenvalue weighted by molar-refractivity contribution is 5.36. The monoisotopic (exact) mass is 327 g/mol. The SMILES string of the molecule is CCN(CC1CN(C(C)c2cccnc2)CCO1)c1cccnn1. The van der Waals surface area contributed by atoms with Crippen molar-refractivity contribution in [1.82, 2.24) is 20.1 Å². The molecular formula is C18H25N5O. The predicted octanol–water partition coefficient (Wildman–Crippen LogP) is 2.16. The Morgan fingerprint density at radius 2 is 2.21 bits per heavy atom. The number of rotatable bonds is 6. The van der Waals surface area contributed by atoms with Crippen LogP contribution in [0.1, 0.15) is 25.5 Å². The number of likely N-dealkylation sites (N-methyl/N-ethyl adjacent to an activating group) is 1. The van der Waals surface area contributed by atoms with E-state index in [4.69, 9.17) is 4.74 Å². The van der Waals surface area contributed by atoms with Crippen molar-refractivity contribution in [2.24, 2.45) is 0 Å². The quantitative estimate of drug-likeness (QED) is 0.810. The lowest BCUT2D eigenvalue weighted by Crippen LogP contribution is -2.48. The van der Waals surface area contributed by atoms with E-state index in [0.29, 0.717) is 6.04 Å². The number of hydrogen-bond donors (Lipinski definition) is 0. The van der Waals surface area contributed by atoms with E-state index in [-0.39, 0.29) is 6.10 Å². The fourth-order valence-corrected chi connectivity index (χ4v) is 3.13. The first-order valence-electron chi connectivity index (χ1n) is 8.56. The van der Waals surface area contributed by atoms with Gasteiger partial charge in [0.2, 0.25) is 0 Å². The molecule has 0 spiro atoms. The maximum absolute atomic E-state index is 6.00. The average molecular weight is 327 g/mol. The predicted molar refractivity (Wildman–Crippen MR) is 93.9 cm³/mol. The van der Waals surface area contributed by atoms with E-state index in [2.05, 4.69) is 44.9 Å². The summed E-state index contributed by atoms with van der Waals surface area (Å²) in [5, 5.41) is 8.20. The second-order valence-electron chi connectivity index (χ2n) is 6.07. The van der Waals surface area contributed by atoms with Crippen LogP contribution < -0.4 is 4.90 Å². The molecular weight excluding hydrogens is 302 g/mol. The van der Waals surface area contributed by atoms with Crippen molar-refractivity contribution in [3.05, 3.63) is 48.4 Å². The van der Waals surface area contributed by atoms with Crippen LogP contribution in [0.5, 0.6) is 0 Å². The fourth-order valence-electron chi connectivity index (χ4n) is 3.13. The summed E-state index contributed by atoms with van der Waals surface area (Å²) < 4.78 is 6.00. The van der Waals surface area contributed by atoms with E-state index in [1.54, 1.807) is 6.20 Å². The molecule has 1 saturated heterocycles. The molecule has 1 aliphatic heterocycles. The first kappa shape index (κ1) is 16.8. The van der Waals surface area contributed by atoms with Crippen molar-refractivity contribution in [3.63, 3.8) is 0 Å². The zero-order valence-corrected chi connectivity index (χ0v) is 14.4. The van der Waals surface area contributed by atoms with Gasteiger partial charge in [0, 0.05) is 50.8 Å². The zero-order chi connectivity index (χ0) is 16.8. The van der Waals surface area contributed by atoms with Gasteiger partial charge in [0.25, 0.3) is 0 Å². The minimum atomic E-state index is 0.167. The molecule has 2 unspecified atom stereocenters. The Balaban J connectivity index is 1.63. The minimum Gasteiger partial charge on any atom is -0.374 e. The molecule has 2 aromatic rings. The van der Waals surface area contributed by atoms with Crippen LogP contribution >= 0.6 is 0 Å². The molecule has 0 amide bonds. The molecule has 0 aromatic carbocycles. The molecule has 2 atom stereocenters. The first-order chi connectivity index (χ1) is 11.8. The zero-order valence-electron chi connectivity index (χ0n) is 14.4. The van der Waals surface area contributed by atoms with Gasteiger partial charge in [-0.25, -0.2) is 0 Å². The van der Waals surface area contributed by atoms with Crippen molar-refractivity contribution in [2.45, 2.75) is 26.0 Å². The van der Waals surface area contributed by atoms with Gasteiger partial charge in [-0.2, -0.15) is 5.10 Å². The van der Waals surface area contributed by atoms with Crippen LogP contribution in [0.15, 0.2) is 42.9 Å². The normalized spacial score (nSPS) is 19.8. The Morgan fingerprint density at radius 3 is 2.92 bits per heavy atom. The molecule has 128 valence electrons. The largest absolute Gasteiger partial charge is 0.374 e. The van der Waals surface area contributed by atoms with Crippen LogP contribution in [0.25, 0.3) is 0 Å². The van der Waals surface area contributed by atoms with Gasteiger partial charge < -0.3 is 9.64 Å². The summed E-state index contributed by atoms with van der Waals surface area (Å²) in [5.74, 6) is 0.904. The molecule has 0 bridgehead atoms. The summed E-state index contributed by atoms with van der Waals surface area (Å²) >= 11 is 0. The lowest BCUT2D eigenvalue weighted by Gasteiger charge is -2.38. The first-order valence-corrected chi connectivity index (χ1v) is 8.56. The highest BCUT2D eigenvalue weighted by Gasteiger charge is 2.26. The van der Waals surface area contributed by atoms with Crippen molar-refractivity contribution in [2.75, 3.05) is 37.7 Å². The summed E-state index contributed by atoms with van der Waals surface area (Å²) in [6.07, 6.45) is 5.64. The molecule has 1 aliphatic rings. The Bertz CT molecular complexity index is 609. The van der Waals surface area contributed by atoms with Crippen molar-refractivity contribution >= 4 is 5.82 Å². The number of hydrogen-bond acceptors (Lipinski definition) is 6. The fraction of sp³-hybridized carbons (Fsp3) is 0.500. The molecule has 0 aliphatic carbocycles. The molecule has 0 saturated carbocycles. The van der Waals surface area contributed by atoms with Gasteiger partial charge in [0.05, 0.1) is 12.7 Å². The van der Waals surface area contributed by atoms with Crippen LogP contribution in [0.4, 0.5) is 5.82 Å². The number of pyridine rings is 1. The Morgan fingerprint density at radius 1 is 1.33 bits per heavy atom. The van der Waals surface area contributed by atoms with Crippen LogP contribution in [-0.4, -0.2) is 59.0 Å². The number of nitrogens with zero attached hydrogens (tertiary/aromatic N) is 5. The number of aromatic nitrogens is 3. The molecule has 6 nitrogen and oxygen atoms in total. The van der Waals surface area contributed by atoms with E-state index >= 15 is 0 Å². The summed E-state index contributed by atoms with van der Waals surface area (Å²) in [6.45, 7) is 8.69. The smallest absolute Gasteiger partial charge is 0.151 e. The van der Waals surface area contributed by atoms with Crippen molar-refractivity contribution < 1.29 is 4.74 Å². The molecule has 1 fully saturated rings. The maximum atomic E-state index is 6.00. The maximum Gasteiger partial charge on any atom is 0.151 e. The van der Waals surface area contributed by atoms with Gasteiger partial charge in [-0.15, -0.1) is 5.10 Å². The molecule has 2 aromatic heterocycles. The second kappa shape index (κ2) is 8.17. The lowest BCUT2D eigenvalue weighted by molar-refractivity contribution is -0.0372. The second-order valence-corrected chi connectivity index (χ2v) is 6.07. The third-order valence-electron chi connectivity index (χ3n) is 4.57. The van der Waals surface area contributed by atoms with Gasteiger partial charge in [-0.05, 0) is 37.6 Å². The van der Waals surface area contributed by atoms with Crippen LogP contribution in [0.2, 0.25) is 0 Å². The number of anilines is 1. The third-order valence-corrected chi connectivity index (χ3v) is 4.57. The topological polar surface area (TPSA) is 54.4 Å². The van der Waals surface area contributed by atoms with Crippen LogP contribution in [0.3, 0.4) is 0 Å². The summed E-state index contributed by atoms with van der Waals surface area (Å²) in [6, 6.07) is 8.40. The summed E-state index contributed by atoms with van der Waals surface area (Å²) in [7, 11) is 0. The summed E-state index contributed by atoms with van der Waals surface area (Å²) in [4.78, 5) is 8.93. The van der Waals surface area contributed by atoms with Crippen LogP contribution in [-0.2, 0) is 4.74 Å². The lowest BCUT2D eigenvalue weighted by atomic mass is 10.1. The van der Waals surface area contributed by atoms with Gasteiger partial charge in [0.1, 0.15) is 0 Å². The van der Waals surface area contributed by atoms with Gasteiger partial charge in [0.15, 0.2) is 5.82 Å². The van der Waals surface area contributed by atoms with Crippen LogP contribution in [0, 0.1) is 0 Å². The van der Waals surface area contributed by atoms with E-state index in [1.807, 2.05) is 30.6 Å². The molecule has 0 radical (unpaired) electrons. The standard InChI is InChI=1S/C18H25N5O/c1-3-22(18-7-5-9-20-21-18)13-17-14-23(10-11-24-17)15(2)16-6-4-8-19-12-16/h4-9,12,15,17H,3,10-11,13-14H2,1-2H3. The van der Waals surface area contributed by atoms with Gasteiger partial charge >= 0.3 is 0 Å². The highest BCUT2D eigenvalue weighted by Crippen LogP contribution is 2.22. The van der Waals surface area contributed by atoms with Gasteiger partial charge in [-0.3, -0.25) is 9.88 Å². The Labute approximate surface area is 143 Å². The van der Waals surface area contributed by atoms with Crippen molar-refractivity contribution in [1.29, 1.82) is 0 Å². The summed E-state index contributed by atoms with van der Waals surface area (Å²) in [5.41, 5.74) is 1.25. The number of ether oxygens (including phenoxy) is 1. The van der Waals surface area contributed by atoms with E-state index in [0.717, 1.165) is 38.6 Å². The van der Waals surface area contributed by atoms with E-state index < -0.39 is 0 Å². The average Bonchev–Trinajstić information content (AvgIpc) is 2.67. The Kier molecular flexibility index (Phi) is 5.72.